The molecule has 0 saturated carbocycles. The zero-order valence-electron chi connectivity index (χ0n) is 12.1. The van der Waals surface area contributed by atoms with E-state index in [1.807, 2.05) is 0 Å². The second-order valence-electron chi connectivity index (χ2n) is 5.91. The Morgan fingerprint density at radius 2 is 1.38 bits per heavy atom. The molecule has 0 bridgehead atoms. The molecule has 0 aliphatic carbocycles. The van der Waals surface area contributed by atoms with Crippen LogP contribution in [0.15, 0.2) is 0 Å². The van der Waals surface area contributed by atoms with E-state index in [1.165, 1.54) is 44.9 Å². The maximum absolute atomic E-state index is 3.97. The number of rotatable bonds is 10. The molecule has 0 aromatic carbocycles. The Morgan fingerprint density at radius 3 is 1.94 bits per heavy atom. The summed E-state index contributed by atoms with van der Waals surface area (Å²) in [5, 5.41) is 0. The second-order valence-corrected chi connectivity index (χ2v) is 5.91. The summed E-state index contributed by atoms with van der Waals surface area (Å²) in [6.07, 6.45) is 10.9. The van der Waals surface area contributed by atoms with Crippen molar-refractivity contribution in [3.63, 3.8) is 0 Å². The lowest BCUT2D eigenvalue weighted by molar-refractivity contribution is 0.343. The molecule has 16 heavy (non-hydrogen) atoms. The third-order valence-corrected chi connectivity index (χ3v) is 3.75. The van der Waals surface area contributed by atoms with E-state index < -0.39 is 0 Å². The molecule has 0 rings (SSSR count). The van der Waals surface area contributed by atoms with Crippen molar-refractivity contribution in [2.75, 3.05) is 0 Å². The SMILES string of the molecule is [CH2]CC(C)CCC(C)CC(C)CCCCC. The third-order valence-electron chi connectivity index (χ3n) is 3.75. The average molecular weight is 225 g/mol. The molecule has 0 aromatic heterocycles. The Hall–Kier alpha value is 0. The van der Waals surface area contributed by atoms with Crippen LogP contribution in [0.25, 0.3) is 0 Å². The molecule has 0 aliphatic heterocycles. The predicted octanol–water partition coefficient (Wildman–Crippen LogP) is 5.87. The highest BCUT2D eigenvalue weighted by molar-refractivity contribution is 4.63. The fraction of sp³-hybridized carbons (Fsp3) is 0.938. The molecule has 0 spiro atoms. The van der Waals surface area contributed by atoms with Gasteiger partial charge in [0.1, 0.15) is 0 Å². The second kappa shape index (κ2) is 10.2. The van der Waals surface area contributed by atoms with Gasteiger partial charge in [0.15, 0.2) is 0 Å². The Morgan fingerprint density at radius 1 is 0.812 bits per heavy atom. The zero-order chi connectivity index (χ0) is 12.4. The Kier molecular flexibility index (Phi) is 10.2. The van der Waals surface area contributed by atoms with Crippen LogP contribution in [0, 0.1) is 24.7 Å². The van der Waals surface area contributed by atoms with E-state index in [2.05, 4.69) is 34.6 Å². The van der Waals surface area contributed by atoms with Crippen LogP contribution >= 0.6 is 0 Å². The van der Waals surface area contributed by atoms with Gasteiger partial charge in [0.2, 0.25) is 0 Å². The lowest BCUT2D eigenvalue weighted by Crippen LogP contribution is -2.05. The Labute approximate surface area is 104 Å². The van der Waals surface area contributed by atoms with Gasteiger partial charge in [-0.2, -0.15) is 0 Å². The first kappa shape index (κ1) is 16.0. The van der Waals surface area contributed by atoms with E-state index in [0.717, 1.165) is 24.2 Å². The quantitative estimate of drug-likeness (QED) is 0.408. The Balaban J connectivity index is 3.49. The smallest absolute Gasteiger partial charge is 0.0440 e. The molecule has 0 saturated heterocycles. The number of unbranched alkanes of at least 4 members (excludes halogenated alkanes) is 2. The van der Waals surface area contributed by atoms with Gasteiger partial charge in [-0.1, -0.05) is 79.6 Å². The lowest BCUT2D eigenvalue weighted by Gasteiger charge is -2.18. The summed E-state index contributed by atoms with van der Waals surface area (Å²) in [6.45, 7) is 13.4. The minimum atomic E-state index is 0.817. The summed E-state index contributed by atoms with van der Waals surface area (Å²) in [5.74, 6) is 2.65. The summed E-state index contributed by atoms with van der Waals surface area (Å²) in [4.78, 5) is 0. The normalized spacial score (nSPS) is 17.1. The molecular weight excluding hydrogens is 192 g/mol. The maximum Gasteiger partial charge on any atom is -0.0440 e. The van der Waals surface area contributed by atoms with Gasteiger partial charge in [0.25, 0.3) is 0 Å². The molecule has 0 N–H and O–H groups in total. The van der Waals surface area contributed by atoms with Crippen LogP contribution in [-0.4, -0.2) is 0 Å². The molecule has 0 aliphatic rings. The van der Waals surface area contributed by atoms with Crippen LogP contribution in [0.2, 0.25) is 0 Å². The maximum atomic E-state index is 3.97. The zero-order valence-corrected chi connectivity index (χ0v) is 12.1. The minimum absolute atomic E-state index is 0.817. The highest BCUT2D eigenvalue weighted by atomic mass is 14.2. The summed E-state index contributed by atoms with van der Waals surface area (Å²) < 4.78 is 0. The predicted molar refractivity (Wildman–Crippen MR) is 75.5 cm³/mol. The topological polar surface area (TPSA) is 0 Å². The van der Waals surface area contributed by atoms with Gasteiger partial charge in [-0.25, -0.2) is 0 Å². The number of hydrogen-bond acceptors (Lipinski definition) is 0. The minimum Gasteiger partial charge on any atom is -0.0654 e. The van der Waals surface area contributed by atoms with Gasteiger partial charge < -0.3 is 0 Å². The van der Waals surface area contributed by atoms with E-state index >= 15 is 0 Å². The molecule has 0 fully saturated rings. The molecule has 0 nitrogen and oxygen atoms in total. The largest absolute Gasteiger partial charge is 0.0654 e. The van der Waals surface area contributed by atoms with Gasteiger partial charge in [-0.15, -0.1) is 0 Å². The molecule has 0 aromatic rings. The molecule has 0 amide bonds. The van der Waals surface area contributed by atoms with Crippen molar-refractivity contribution < 1.29 is 0 Å². The van der Waals surface area contributed by atoms with E-state index in [0.29, 0.717) is 0 Å². The Bertz CT molecular complexity index is 139. The summed E-state index contributed by atoms with van der Waals surface area (Å²) in [6, 6.07) is 0. The van der Waals surface area contributed by atoms with E-state index in [1.54, 1.807) is 0 Å². The van der Waals surface area contributed by atoms with Crippen molar-refractivity contribution in [1.29, 1.82) is 0 Å². The number of hydrogen-bond donors (Lipinski definition) is 0. The fourth-order valence-corrected chi connectivity index (χ4v) is 2.38. The monoisotopic (exact) mass is 225 g/mol. The van der Waals surface area contributed by atoms with Crippen molar-refractivity contribution in [1.82, 2.24) is 0 Å². The molecule has 3 atom stereocenters. The molecule has 3 unspecified atom stereocenters. The van der Waals surface area contributed by atoms with Crippen LogP contribution < -0.4 is 0 Å². The first-order valence-electron chi connectivity index (χ1n) is 7.39. The van der Waals surface area contributed by atoms with Crippen molar-refractivity contribution in [2.24, 2.45) is 17.8 Å². The van der Waals surface area contributed by atoms with Crippen LogP contribution in [0.4, 0.5) is 0 Å². The van der Waals surface area contributed by atoms with Crippen LogP contribution in [0.1, 0.15) is 79.1 Å². The highest BCUT2D eigenvalue weighted by Gasteiger charge is 2.10. The van der Waals surface area contributed by atoms with E-state index in [4.69, 9.17) is 0 Å². The van der Waals surface area contributed by atoms with Crippen molar-refractivity contribution >= 4 is 0 Å². The summed E-state index contributed by atoms with van der Waals surface area (Å²) in [7, 11) is 0. The molecule has 1 radical (unpaired) electrons. The highest BCUT2D eigenvalue weighted by Crippen LogP contribution is 2.23. The molecule has 0 heterocycles. The van der Waals surface area contributed by atoms with Gasteiger partial charge >= 0.3 is 0 Å². The van der Waals surface area contributed by atoms with E-state index in [9.17, 15) is 0 Å². The van der Waals surface area contributed by atoms with Crippen molar-refractivity contribution in [3.05, 3.63) is 6.92 Å². The van der Waals surface area contributed by atoms with Crippen molar-refractivity contribution in [3.8, 4) is 0 Å². The molecular formula is C16H33. The lowest BCUT2D eigenvalue weighted by atomic mass is 9.88. The summed E-state index contributed by atoms with van der Waals surface area (Å²) >= 11 is 0. The molecule has 0 heteroatoms. The van der Waals surface area contributed by atoms with Crippen molar-refractivity contribution in [2.45, 2.75) is 79.1 Å². The summed E-state index contributed by atoms with van der Waals surface area (Å²) in [5.41, 5.74) is 0. The van der Waals surface area contributed by atoms with Gasteiger partial charge in [0.05, 0.1) is 0 Å². The van der Waals surface area contributed by atoms with Gasteiger partial charge in [-0.3, -0.25) is 0 Å². The average Bonchev–Trinajstić information content (AvgIpc) is 2.26. The first-order valence-corrected chi connectivity index (χ1v) is 7.39. The van der Waals surface area contributed by atoms with Crippen LogP contribution in [0.5, 0.6) is 0 Å². The van der Waals surface area contributed by atoms with Gasteiger partial charge in [0, 0.05) is 0 Å². The van der Waals surface area contributed by atoms with Gasteiger partial charge in [-0.05, 0) is 24.2 Å². The van der Waals surface area contributed by atoms with Crippen LogP contribution in [-0.2, 0) is 0 Å². The third kappa shape index (κ3) is 9.24. The van der Waals surface area contributed by atoms with E-state index in [-0.39, 0.29) is 0 Å². The fourth-order valence-electron chi connectivity index (χ4n) is 2.38. The molecule has 97 valence electrons. The van der Waals surface area contributed by atoms with Crippen LogP contribution in [0.3, 0.4) is 0 Å². The first-order chi connectivity index (χ1) is 7.60. The standard InChI is InChI=1S/C16H33/c1-6-8-9-10-15(4)13-16(5)12-11-14(3)7-2/h14-16H,2,6-13H2,1,3-5H3.